The molecule has 0 fully saturated rings. The lowest BCUT2D eigenvalue weighted by Crippen LogP contribution is -2.26. The van der Waals surface area contributed by atoms with Gasteiger partial charge in [0, 0.05) is 4.90 Å². The lowest BCUT2D eigenvalue weighted by Gasteiger charge is -2.22. The van der Waals surface area contributed by atoms with Gasteiger partial charge in [0.25, 0.3) is 10.0 Å². The Balaban J connectivity index is 1.93. The molecule has 0 aromatic heterocycles. The zero-order valence-electron chi connectivity index (χ0n) is 13.6. The zero-order valence-corrected chi connectivity index (χ0v) is 15.2. The molecule has 2 aromatic carbocycles. The van der Waals surface area contributed by atoms with Gasteiger partial charge in [-0.15, -0.1) is 11.8 Å². The molecule has 24 heavy (non-hydrogen) atoms. The average Bonchev–Trinajstić information content (AvgIpc) is 2.51. The fourth-order valence-electron chi connectivity index (χ4n) is 2.49. The van der Waals surface area contributed by atoms with Crippen LogP contribution in [0.25, 0.3) is 0 Å². The maximum absolute atomic E-state index is 12.6. The van der Waals surface area contributed by atoms with Gasteiger partial charge in [-0.1, -0.05) is 17.7 Å². The number of sulfonamides is 1. The minimum atomic E-state index is -3.72. The van der Waals surface area contributed by atoms with Crippen LogP contribution in [0.5, 0.6) is 0 Å². The van der Waals surface area contributed by atoms with Crippen molar-refractivity contribution >= 4 is 39.1 Å². The predicted molar refractivity (Wildman–Crippen MR) is 97.1 cm³/mol. The summed E-state index contributed by atoms with van der Waals surface area (Å²) in [5.41, 5.74) is 3.00. The van der Waals surface area contributed by atoms with Crippen molar-refractivity contribution in [1.29, 1.82) is 0 Å². The van der Waals surface area contributed by atoms with Crippen LogP contribution in [0.2, 0.25) is 0 Å². The Bertz CT molecular complexity index is 923. The molecule has 1 aliphatic rings. The lowest BCUT2D eigenvalue weighted by atomic mass is 10.1. The maximum Gasteiger partial charge on any atom is 0.261 e. The molecule has 0 saturated carbocycles. The molecular formula is C17H18N2O3S2. The largest absolute Gasteiger partial charge is 0.324 e. The quantitative estimate of drug-likeness (QED) is 0.876. The standard InChI is InChI=1S/C17H18N2O3S2/c1-10-4-6-14(11(2)8-10)19-24(21,22)13-5-7-16-15(9-13)18-17(20)12(3)23-16/h4-9,12,19H,1-3H3,(H,18,20)/t12-/m0/s1. The number of nitrogens with one attached hydrogen (secondary N) is 2. The van der Waals surface area contributed by atoms with Gasteiger partial charge >= 0.3 is 0 Å². The van der Waals surface area contributed by atoms with Crippen LogP contribution in [0.4, 0.5) is 11.4 Å². The molecule has 0 bridgehead atoms. The number of rotatable bonds is 3. The van der Waals surface area contributed by atoms with E-state index >= 15 is 0 Å². The van der Waals surface area contributed by atoms with Crippen molar-refractivity contribution in [2.24, 2.45) is 0 Å². The summed E-state index contributed by atoms with van der Waals surface area (Å²) in [6.45, 7) is 5.63. The van der Waals surface area contributed by atoms with Gasteiger partial charge in [-0.2, -0.15) is 0 Å². The van der Waals surface area contributed by atoms with Gasteiger partial charge < -0.3 is 5.32 Å². The first-order valence-electron chi connectivity index (χ1n) is 7.48. The highest BCUT2D eigenvalue weighted by atomic mass is 32.2. The summed E-state index contributed by atoms with van der Waals surface area (Å²) < 4.78 is 27.9. The number of carbonyl (C=O) groups is 1. The molecule has 2 N–H and O–H groups in total. The molecule has 7 heteroatoms. The highest BCUT2D eigenvalue weighted by Crippen LogP contribution is 2.37. The molecule has 126 valence electrons. The molecule has 0 saturated heterocycles. The third-order valence-corrected chi connectivity index (χ3v) is 6.36. The number of amides is 1. The van der Waals surface area contributed by atoms with E-state index in [4.69, 9.17) is 0 Å². The van der Waals surface area contributed by atoms with E-state index in [1.165, 1.54) is 17.8 Å². The molecular weight excluding hydrogens is 344 g/mol. The molecule has 0 spiro atoms. The fourth-order valence-corrected chi connectivity index (χ4v) is 4.57. The number of anilines is 2. The molecule has 5 nitrogen and oxygen atoms in total. The third-order valence-electron chi connectivity index (χ3n) is 3.82. The molecule has 1 aliphatic heterocycles. The summed E-state index contributed by atoms with van der Waals surface area (Å²) in [6.07, 6.45) is 0. The van der Waals surface area contributed by atoms with Crippen LogP contribution in [0.1, 0.15) is 18.1 Å². The Morgan fingerprint density at radius 1 is 1.12 bits per heavy atom. The molecule has 3 rings (SSSR count). The van der Waals surface area contributed by atoms with Crippen LogP contribution in [-0.2, 0) is 14.8 Å². The first-order valence-corrected chi connectivity index (χ1v) is 9.84. The number of aryl methyl sites for hydroxylation is 2. The highest BCUT2D eigenvalue weighted by Gasteiger charge is 2.25. The van der Waals surface area contributed by atoms with Crippen molar-refractivity contribution < 1.29 is 13.2 Å². The molecule has 1 heterocycles. The number of hydrogen-bond acceptors (Lipinski definition) is 4. The Kier molecular flexibility index (Phi) is 4.31. The van der Waals surface area contributed by atoms with Crippen LogP contribution >= 0.6 is 11.8 Å². The summed E-state index contributed by atoms with van der Waals surface area (Å²) in [5.74, 6) is -0.121. The topological polar surface area (TPSA) is 75.3 Å². The van der Waals surface area contributed by atoms with Crippen molar-refractivity contribution in [3.05, 3.63) is 47.5 Å². The zero-order chi connectivity index (χ0) is 17.5. The smallest absolute Gasteiger partial charge is 0.261 e. The Morgan fingerprint density at radius 2 is 1.88 bits per heavy atom. The van der Waals surface area contributed by atoms with Gasteiger partial charge in [-0.25, -0.2) is 8.42 Å². The van der Waals surface area contributed by atoms with E-state index in [9.17, 15) is 13.2 Å². The van der Waals surface area contributed by atoms with E-state index in [2.05, 4.69) is 10.0 Å². The second-order valence-corrected chi connectivity index (χ2v) is 8.90. The fraction of sp³-hybridized carbons (Fsp3) is 0.235. The average molecular weight is 362 g/mol. The highest BCUT2D eigenvalue weighted by molar-refractivity contribution is 8.01. The molecule has 0 aliphatic carbocycles. The van der Waals surface area contributed by atoms with Crippen molar-refractivity contribution in [3.8, 4) is 0 Å². The summed E-state index contributed by atoms with van der Waals surface area (Å²) >= 11 is 1.42. The molecule has 1 atom stereocenters. The Morgan fingerprint density at radius 3 is 2.58 bits per heavy atom. The SMILES string of the molecule is Cc1ccc(NS(=O)(=O)c2ccc3c(c2)NC(=O)[C@H](C)S3)c(C)c1. The maximum atomic E-state index is 12.6. The van der Waals surface area contributed by atoms with E-state index in [-0.39, 0.29) is 16.1 Å². The number of hydrogen-bond donors (Lipinski definition) is 2. The number of fused-ring (bicyclic) bond motifs is 1. The predicted octanol–water partition coefficient (Wildman–Crippen LogP) is 3.54. The summed E-state index contributed by atoms with van der Waals surface area (Å²) in [6, 6.07) is 10.3. The van der Waals surface area contributed by atoms with Gasteiger partial charge in [0.1, 0.15) is 0 Å². The van der Waals surface area contributed by atoms with Gasteiger partial charge in [0.05, 0.1) is 21.5 Å². The number of carbonyl (C=O) groups excluding carboxylic acids is 1. The van der Waals surface area contributed by atoms with E-state index < -0.39 is 10.0 Å². The van der Waals surface area contributed by atoms with Crippen LogP contribution in [0.15, 0.2) is 46.2 Å². The Labute approximate surface area is 145 Å². The van der Waals surface area contributed by atoms with E-state index in [0.29, 0.717) is 11.4 Å². The number of benzene rings is 2. The third kappa shape index (κ3) is 3.27. The van der Waals surface area contributed by atoms with Crippen LogP contribution in [0, 0.1) is 13.8 Å². The lowest BCUT2D eigenvalue weighted by molar-refractivity contribution is -0.115. The van der Waals surface area contributed by atoms with Gasteiger partial charge in [0.15, 0.2) is 0 Å². The summed E-state index contributed by atoms with van der Waals surface area (Å²) in [4.78, 5) is 12.8. The molecule has 1 amide bonds. The minimum Gasteiger partial charge on any atom is -0.324 e. The second-order valence-electron chi connectivity index (χ2n) is 5.83. The van der Waals surface area contributed by atoms with Crippen molar-refractivity contribution in [2.75, 3.05) is 10.0 Å². The first-order chi connectivity index (χ1) is 11.3. The van der Waals surface area contributed by atoms with Gasteiger partial charge in [-0.05, 0) is 50.6 Å². The minimum absolute atomic E-state index is 0.121. The molecule has 0 radical (unpaired) electrons. The monoisotopic (exact) mass is 362 g/mol. The van der Waals surface area contributed by atoms with E-state index in [0.717, 1.165) is 16.0 Å². The van der Waals surface area contributed by atoms with E-state index in [1.54, 1.807) is 18.2 Å². The van der Waals surface area contributed by atoms with Gasteiger partial charge in [0.2, 0.25) is 5.91 Å². The van der Waals surface area contributed by atoms with Crippen molar-refractivity contribution in [1.82, 2.24) is 0 Å². The van der Waals surface area contributed by atoms with Crippen molar-refractivity contribution in [2.45, 2.75) is 35.8 Å². The summed E-state index contributed by atoms with van der Waals surface area (Å²) in [5, 5.41) is 2.57. The van der Waals surface area contributed by atoms with Crippen LogP contribution in [0.3, 0.4) is 0 Å². The molecule has 0 unspecified atom stereocenters. The Hall–Kier alpha value is -1.99. The normalized spacial score (nSPS) is 17.1. The first kappa shape index (κ1) is 16.9. The van der Waals surface area contributed by atoms with Crippen LogP contribution < -0.4 is 10.0 Å². The van der Waals surface area contributed by atoms with Gasteiger partial charge in [-0.3, -0.25) is 9.52 Å². The summed E-state index contributed by atoms with van der Waals surface area (Å²) in [7, 11) is -3.72. The number of thioether (sulfide) groups is 1. The van der Waals surface area contributed by atoms with E-state index in [1.807, 2.05) is 32.9 Å². The van der Waals surface area contributed by atoms with Crippen molar-refractivity contribution in [3.63, 3.8) is 0 Å². The molecule has 2 aromatic rings. The van der Waals surface area contributed by atoms with Crippen LogP contribution in [-0.4, -0.2) is 19.6 Å². The second kappa shape index (κ2) is 6.14.